The van der Waals surface area contributed by atoms with Gasteiger partial charge >= 0.3 is 5.97 Å². The van der Waals surface area contributed by atoms with Crippen molar-refractivity contribution in [3.05, 3.63) is 0 Å². The molecule has 0 radical (unpaired) electrons. The lowest BCUT2D eigenvalue weighted by Gasteiger charge is -2.62. The Bertz CT molecular complexity index is 630. The second-order valence-electron chi connectivity index (χ2n) is 10.5. The van der Waals surface area contributed by atoms with Gasteiger partial charge in [0.05, 0.1) is 6.10 Å². The molecule has 4 fully saturated rings. The summed E-state index contributed by atoms with van der Waals surface area (Å²) in [5, 5.41) is 10.2. The summed E-state index contributed by atoms with van der Waals surface area (Å²) < 4.78 is 5.94. The molecule has 0 aromatic rings. The average Bonchev–Trinajstić information content (AvgIpc) is 2.95. The maximum Gasteiger partial charge on any atom is 0.302 e. The van der Waals surface area contributed by atoms with Crippen molar-refractivity contribution in [3.8, 4) is 0 Å². The summed E-state index contributed by atoms with van der Waals surface area (Å²) in [4.78, 5) is 24.4. The Morgan fingerprint density at radius 2 is 1.70 bits per heavy atom. The molecule has 27 heavy (non-hydrogen) atoms. The summed E-state index contributed by atoms with van der Waals surface area (Å²) in [7, 11) is 0. The van der Waals surface area contributed by atoms with Gasteiger partial charge in [0.15, 0.2) is 0 Å². The van der Waals surface area contributed by atoms with Crippen molar-refractivity contribution in [2.45, 2.75) is 91.3 Å². The van der Waals surface area contributed by atoms with Crippen LogP contribution in [-0.4, -0.2) is 29.1 Å². The van der Waals surface area contributed by atoms with E-state index in [0.717, 1.165) is 38.5 Å². The monoisotopic (exact) mass is 376 g/mol. The summed E-state index contributed by atoms with van der Waals surface area (Å²) in [5.41, 5.74) is 0.0201. The Kier molecular flexibility index (Phi) is 4.73. The van der Waals surface area contributed by atoms with Crippen LogP contribution in [0.1, 0.15) is 79.1 Å². The molecular weight excluding hydrogens is 340 g/mol. The molecule has 4 aliphatic carbocycles. The largest absolute Gasteiger partial charge is 0.462 e. The van der Waals surface area contributed by atoms with Crippen molar-refractivity contribution in [1.82, 2.24) is 0 Å². The zero-order chi connectivity index (χ0) is 19.6. The number of carbonyl (C=O) groups is 2. The summed E-state index contributed by atoms with van der Waals surface area (Å²) in [6, 6.07) is 0. The van der Waals surface area contributed by atoms with Gasteiger partial charge in [-0.1, -0.05) is 13.8 Å². The molecule has 0 saturated heterocycles. The quantitative estimate of drug-likeness (QED) is 0.736. The highest BCUT2D eigenvalue weighted by molar-refractivity contribution is 5.80. The number of esters is 1. The number of ether oxygens (including phenoxy) is 1. The van der Waals surface area contributed by atoms with Gasteiger partial charge in [0.2, 0.25) is 0 Å². The van der Waals surface area contributed by atoms with Crippen molar-refractivity contribution >= 4 is 11.8 Å². The van der Waals surface area contributed by atoms with Gasteiger partial charge in [-0.15, -0.1) is 0 Å². The van der Waals surface area contributed by atoms with E-state index in [9.17, 15) is 14.7 Å². The number of aliphatic hydroxyl groups excluding tert-OH is 1. The van der Waals surface area contributed by atoms with Crippen LogP contribution in [0.15, 0.2) is 0 Å². The third kappa shape index (κ3) is 2.81. The van der Waals surface area contributed by atoms with Crippen molar-refractivity contribution in [1.29, 1.82) is 0 Å². The lowest BCUT2D eigenvalue weighted by molar-refractivity contribution is -0.194. The number of hydrogen-bond acceptors (Lipinski definition) is 4. The summed E-state index contributed by atoms with van der Waals surface area (Å²) >= 11 is 0. The zero-order valence-corrected chi connectivity index (χ0v) is 17.4. The average molecular weight is 377 g/mol. The molecule has 0 aromatic heterocycles. The van der Waals surface area contributed by atoms with Crippen LogP contribution in [0.4, 0.5) is 0 Å². The summed E-state index contributed by atoms with van der Waals surface area (Å²) in [6.07, 6.45) is 7.92. The molecule has 4 rings (SSSR count). The van der Waals surface area contributed by atoms with Crippen LogP contribution < -0.4 is 0 Å². The summed E-state index contributed by atoms with van der Waals surface area (Å²) in [5.74, 6) is 2.28. The Balaban J connectivity index is 1.71. The fraction of sp³-hybridized carbons (Fsp3) is 0.913. The Morgan fingerprint density at radius 3 is 2.37 bits per heavy atom. The van der Waals surface area contributed by atoms with E-state index in [2.05, 4.69) is 13.8 Å². The predicted molar refractivity (Wildman–Crippen MR) is 103 cm³/mol. The van der Waals surface area contributed by atoms with Crippen LogP contribution in [0.3, 0.4) is 0 Å². The fourth-order valence-corrected chi connectivity index (χ4v) is 8.21. The van der Waals surface area contributed by atoms with E-state index in [4.69, 9.17) is 4.74 Å². The molecule has 1 N–H and O–H groups in total. The molecule has 0 amide bonds. The molecule has 4 heteroatoms. The maximum absolute atomic E-state index is 12.5. The number of hydrogen-bond donors (Lipinski definition) is 1. The molecule has 0 bridgehead atoms. The molecule has 0 spiro atoms. The highest BCUT2D eigenvalue weighted by Gasteiger charge is 2.65. The first-order valence-electron chi connectivity index (χ1n) is 11.0. The third-order valence-corrected chi connectivity index (χ3v) is 9.51. The van der Waals surface area contributed by atoms with Crippen molar-refractivity contribution in [3.63, 3.8) is 0 Å². The van der Waals surface area contributed by atoms with E-state index >= 15 is 0 Å². The minimum absolute atomic E-state index is 0.0199. The molecule has 4 nitrogen and oxygen atoms in total. The topological polar surface area (TPSA) is 63.6 Å². The van der Waals surface area contributed by atoms with Crippen LogP contribution in [0.5, 0.6) is 0 Å². The van der Waals surface area contributed by atoms with Gasteiger partial charge in [0.1, 0.15) is 11.9 Å². The lowest BCUT2D eigenvalue weighted by Crippen LogP contribution is -2.59. The van der Waals surface area contributed by atoms with Crippen LogP contribution in [-0.2, 0) is 14.3 Å². The molecule has 0 aromatic carbocycles. The molecule has 4 saturated carbocycles. The van der Waals surface area contributed by atoms with E-state index in [0.29, 0.717) is 23.7 Å². The maximum atomic E-state index is 12.5. The van der Waals surface area contributed by atoms with E-state index in [1.165, 1.54) is 19.8 Å². The molecule has 0 aliphatic heterocycles. The van der Waals surface area contributed by atoms with Gasteiger partial charge < -0.3 is 9.84 Å². The second kappa shape index (κ2) is 6.57. The first-order chi connectivity index (χ1) is 12.7. The van der Waals surface area contributed by atoms with Crippen LogP contribution in [0, 0.1) is 40.4 Å². The van der Waals surface area contributed by atoms with Gasteiger partial charge in [0.25, 0.3) is 0 Å². The Hall–Kier alpha value is -0.900. The number of carbonyl (C=O) groups excluding carboxylic acids is 2. The van der Waals surface area contributed by atoms with Gasteiger partial charge in [-0.2, -0.15) is 0 Å². The van der Waals surface area contributed by atoms with Gasteiger partial charge in [-0.05, 0) is 87.4 Å². The lowest BCUT2D eigenvalue weighted by atomic mass is 9.44. The van der Waals surface area contributed by atoms with Crippen LogP contribution in [0.25, 0.3) is 0 Å². The second-order valence-corrected chi connectivity index (χ2v) is 10.5. The fourth-order valence-electron chi connectivity index (χ4n) is 8.21. The van der Waals surface area contributed by atoms with E-state index in [-0.39, 0.29) is 40.7 Å². The zero-order valence-electron chi connectivity index (χ0n) is 17.4. The number of aliphatic hydroxyl groups is 1. The van der Waals surface area contributed by atoms with Crippen molar-refractivity contribution in [2.24, 2.45) is 40.4 Å². The van der Waals surface area contributed by atoms with Gasteiger partial charge in [-0.25, -0.2) is 0 Å². The Labute approximate surface area is 163 Å². The predicted octanol–water partition coefficient (Wildman–Crippen LogP) is 4.14. The van der Waals surface area contributed by atoms with Gasteiger partial charge in [-0.3, -0.25) is 9.59 Å². The SMILES string of the molecule is CC(=O)O[C@@H]1C[C@H]2[C@@H](CC[C@H]3C[C@@H](O)CC[C@@]32C)[C@@H]2CC[C@H](C(C)=O)[C@@]12C. The number of fused-ring (bicyclic) bond motifs is 5. The van der Waals surface area contributed by atoms with Crippen molar-refractivity contribution < 1.29 is 19.4 Å². The number of rotatable bonds is 2. The normalized spacial score (nSPS) is 51.7. The molecular formula is C23H36O4. The smallest absolute Gasteiger partial charge is 0.302 e. The van der Waals surface area contributed by atoms with Crippen LogP contribution in [0.2, 0.25) is 0 Å². The first kappa shape index (κ1) is 19.4. The van der Waals surface area contributed by atoms with E-state index in [1.807, 2.05) is 0 Å². The first-order valence-corrected chi connectivity index (χ1v) is 11.0. The van der Waals surface area contributed by atoms with E-state index < -0.39 is 0 Å². The molecule has 4 aliphatic rings. The highest BCUT2D eigenvalue weighted by atomic mass is 16.5. The molecule has 152 valence electrons. The third-order valence-electron chi connectivity index (χ3n) is 9.51. The van der Waals surface area contributed by atoms with Gasteiger partial charge in [0, 0.05) is 18.3 Å². The number of Topliss-reactive ketones (excluding diaryl/α,β-unsaturated/α-hetero) is 1. The van der Waals surface area contributed by atoms with Crippen LogP contribution >= 0.6 is 0 Å². The molecule has 9 atom stereocenters. The Morgan fingerprint density at radius 1 is 0.963 bits per heavy atom. The minimum atomic E-state index is -0.218. The van der Waals surface area contributed by atoms with Crippen molar-refractivity contribution in [2.75, 3.05) is 0 Å². The minimum Gasteiger partial charge on any atom is -0.462 e. The molecule has 0 unspecified atom stereocenters. The number of ketones is 1. The standard InChI is InChI=1S/C23H36O4/c1-13(24)18-7-8-19-17-6-5-15-11-16(26)9-10-22(15,3)20(17)12-21(23(18,19)4)27-14(2)25/h15-21,26H,5-12H2,1-4H3/t15-,16-,17-,18+,19-,20-,21+,22-,23+/m0/s1. The molecule has 0 heterocycles. The highest BCUT2D eigenvalue weighted by Crippen LogP contribution is 2.68. The summed E-state index contributed by atoms with van der Waals surface area (Å²) in [6.45, 7) is 7.89. The van der Waals surface area contributed by atoms with E-state index in [1.54, 1.807) is 6.92 Å².